The first-order chi connectivity index (χ1) is 11.1. The van der Waals surface area contributed by atoms with Crippen molar-refractivity contribution in [1.29, 1.82) is 0 Å². The standard InChI is InChI=1S/C17H22FNO4/c1-12-10-19(16(20)9-17-21-7-2-8-22-17)11-15(23-12)13-3-5-14(18)6-4-13/h3-6,12,15,17H,2,7-11H2,1H3/t12-,15-/m1/s1. The van der Waals surface area contributed by atoms with E-state index < -0.39 is 6.29 Å². The summed E-state index contributed by atoms with van der Waals surface area (Å²) in [7, 11) is 0. The van der Waals surface area contributed by atoms with Gasteiger partial charge in [-0.2, -0.15) is 0 Å². The molecule has 3 rings (SSSR count). The van der Waals surface area contributed by atoms with Gasteiger partial charge in [-0.05, 0) is 31.0 Å². The second kappa shape index (κ2) is 7.38. The van der Waals surface area contributed by atoms with Gasteiger partial charge in [0.15, 0.2) is 6.29 Å². The Balaban J connectivity index is 1.62. The van der Waals surface area contributed by atoms with Gasteiger partial charge in [0, 0.05) is 6.54 Å². The van der Waals surface area contributed by atoms with Gasteiger partial charge in [0.25, 0.3) is 0 Å². The smallest absolute Gasteiger partial charge is 0.227 e. The molecule has 0 bridgehead atoms. The largest absolute Gasteiger partial charge is 0.367 e. The summed E-state index contributed by atoms with van der Waals surface area (Å²) in [4.78, 5) is 14.3. The van der Waals surface area contributed by atoms with Crippen molar-refractivity contribution in [3.05, 3.63) is 35.6 Å². The molecule has 5 nitrogen and oxygen atoms in total. The number of benzene rings is 1. The number of rotatable bonds is 3. The van der Waals surface area contributed by atoms with Gasteiger partial charge in [-0.25, -0.2) is 4.39 Å². The van der Waals surface area contributed by atoms with Crippen LogP contribution in [-0.2, 0) is 19.0 Å². The van der Waals surface area contributed by atoms with Crippen molar-refractivity contribution in [1.82, 2.24) is 4.90 Å². The van der Waals surface area contributed by atoms with Crippen LogP contribution in [0.15, 0.2) is 24.3 Å². The molecule has 126 valence electrons. The Kier molecular flexibility index (Phi) is 5.25. The molecule has 2 fully saturated rings. The van der Waals surface area contributed by atoms with Gasteiger partial charge in [0.1, 0.15) is 11.9 Å². The maximum absolute atomic E-state index is 13.1. The van der Waals surface area contributed by atoms with Crippen molar-refractivity contribution < 1.29 is 23.4 Å². The number of carbonyl (C=O) groups is 1. The molecule has 6 heteroatoms. The maximum atomic E-state index is 13.1. The van der Waals surface area contributed by atoms with Gasteiger partial charge in [0.2, 0.25) is 5.91 Å². The number of hydrogen-bond acceptors (Lipinski definition) is 4. The minimum Gasteiger partial charge on any atom is -0.367 e. The predicted octanol–water partition coefficient (Wildman–Crippen LogP) is 2.27. The van der Waals surface area contributed by atoms with Crippen LogP contribution in [0.3, 0.4) is 0 Å². The van der Waals surface area contributed by atoms with E-state index in [1.807, 2.05) is 6.92 Å². The fourth-order valence-electron chi connectivity index (χ4n) is 2.94. The third-order valence-corrected chi connectivity index (χ3v) is 4.09. The van der Waals surface area contributed by atoms with Crippen LogP contribution in [0.2, 0.25) is 0 Å². The Hall–Kier alpha value is -1.50. The van der Waals surface area contributed by atoms with Crippen molar-refractivity contribution in [2.24, 2.45) is 0 Å². The van der Waals surface area contributed by atoms with Crippen LogP contribution in [0.1, 0.15) is 31.4 Å². The first kappa shape index (κ1) is 16.4. The van der Waals surface area contributed by atoms with Gasteiger partial charge in [-0.1, -0.05) is 12.1 Å². The summed E-state index contributed by atoms with van der Waals surface area (Å²) in [5, 5.41) is 0. The molecule has 2 saturated heterocycles. The third kappa shape index (κ3) is 4.28. The minimum atomic E-state index is -0.446. The van der Waals surface area contributed by atoms with E-state index in [0.717, 1.165) is 12.0 Å². The van der Waals surface area contributed by atoms with Crippen molar-refractivity contribution in [3.63, 3.8) is 0 Å². The number of ether oxygens (including phenoxy) is 3. The van der Waals surface area contributed by atoms with E-state index in [4.69, 9.17) is 14.2 Å². The lowest BCUT2D eigenvalue weighted by atomic mass is 10.1. The van der Waals surface area contributed by atoms with E-state index in [0.29, 0.717) is 26.3 Å². The zero-order valence-electron chi connectivity index (χ0n) is 13.2. The van der Waals surface area contributed by atoms with E-state index in [-0.39, 0.29) is 30.4 Å². The highest BCUT2D eigenvalue weighted by Crippen LogP contribution is 2.26. The van der Waals surface area contributed by atoms with E-state index in [1.165, 1.54) is 12.1 Å². The Bertz CT molecular complexity index is 530. The van der Waals surface area contributed by atoms with Crippen LogP contribution < -0.4 is 0 Å². The number of halogens is 1. The number of nitrogens with zero attached hydrogens (tertiary/aromatic N) is 1. The molecular formula is C17H22FNO4. The van der Waals surface area contributed by atoms with Crippen LogP contribution in [0.5, 0.6) is 0 Å². The van der Waals surface area contributed by atoms with Gasteiger partial charge < -0.3 is 19.1 Å². The molecule has 1 aromatic carbocycles. The molecule has 0 spiro atoms. The van der Waals surface area contributed by atoms with Crippen LogP contribution in [0.4, 0.5) is 4.39 Å². The first-order valence-corrected chi connectivity index (χ1v) is 8.04. The Labute approximate surface area is 135 Å². The zero-order valence-corrected chi connectivity index (χ0v) is 13.2. The van der Waals surface area contributed by atoms with Crippen LogP contribution in [-0.4, -0.2) is 49.5 Å². The summed E-state index contributed by atoms with van der Waals surface area (Å²) in [6.45, 7) is 4.21. The minimum absolute atomic E-state index is 0.000776. The lowest BCUT2D eigenvalue weighted by molar-refractivity contribution is -0.190. The lowest BCUT2D eigenvalue weighted by Crippen LogP contribution is -2.47. The SMILES string of the molecule is C[C@@H]1CN(C(=O)CC2OCCCO2)C[C@H](c2ccc(F)cc2)O1. The van der Waals surface area contributed by atoms with Crippen molar-refractivity contribution in [2.45, 2.75) is 38.3 Å². The number of carbonyl (C=O) groups excluding carboxylic acids is 1. The molecule has 0 aromatic heterocycles. The Morgan fingerprint density at radius 2 is 1.91 bits per heavy atom. The van der Waals surface area contributed by atoms with E-state index >= 15 is 0 Å². The first-order valence-electron chi connectivity index (χ1n) is 8.04. The summed E-state index contributed by atoms with van der Waals surface area (Å²) in [6, 6.07) is 6.23. The van der Waals surface area contributed by atoms with Crippen molar-refractivity contribution >= 4 is 5.91 Å². The molecule has 1 amide bonds. The van der Waals surface area contributed by atoms with Gasteiger partial charge >= 0.3 is 0 Å². The van der Waals surface area contributed by atoms with Crippen LogP contribution in [0.25, 0.3) is 0 Å². The molecule has 2 aliphatic rings. The van der Waals surface area contributed by atoms with Crippen LogP contribution in [0, 0.1) is 5.82 Å². The van der Waals surface area contributed by atoms with Gasteiger partial charge in [0.05, 0.1) is 32.3 Å². The Morgan fingerprint density at radius 3 is 2.61 bits per heavy atom. The summed E-state index contributed by atoms with van der Waals surface area (Å²) < 4.78 is 29.9. The van der Waals surface area contributed by atoms with Gasteiger partial charge in [-0.3, -0.25) is 4.79 Å². The summed E-state index contributed by atoms with van der Waals surface area (Å²) in [5.41, 5.74) is 0.876. The fraction of sp³-hybridized carbons (Fsp3) is 0.588. The number of amides is 1. The lowest BCUT2D eigenvalue weighted by Gasteiger charge is -2.37. The topological polar surface area (TPSA) is 48.0 Å². The van der Waals surface area contributed by atoms with Crippen molar-refractivity contribution in [3.8, 4) is 0 Å². The predicted molar refractivity (Wildman–Crippen MR) is 81.2 cm³/mol. The number of hydrogen-bond donors (Lipinski definition) is 0. The van der Waals surface area contributed by atoms with Crippen molar-refractivity contribution in [2.75, 3.05) is 26.3 Å². The third-order valence-electron chi connectivity index (χ3n) is 4.09. The normalized spacial score (nSPS) is 26.3. The van der Waals surface area contributed by atoms with E-state index in [1.54, 1.807) is 17.0 Å². The van der Waals surface area contributed by atoms with Crippen LogP contribution >= 0.6 is 0 Å². The highest BCUT2D eigenvalue weighted by molar-refractivity contribution is 5.76. The van der Waals surface area contributed by atoms with E-state index in [2.05, 4.69) is 0 Å². The average Bonchev–Trinajstić information content (AvgIpc) is 2.56. The van der Waals surface area contributed by atoms with Gasteiger partial charge in [-0.15, -0.1) is 0 Å². The Morgan fingerprint density at radius 1 is 1.22 bits per heavy atom. The monoisotopic (exact) mass is 323 g/mol. The molecule has 0 N–H and O–H groups in total. The molecule has 0 saturated carbocycles. The summed E-state index contributed by atoms with van der Waals surface area (Å²) in [6.07, 6.45) is 0.334. The fourth-order valence-corrected chi connectivity index (χ4v) is 2.94. The molecule has 2 heterocycles. The van der Waals surface area contributed by atoms with E-state index in [9.17, 15) is 9.18 Å². The second-order valence-corrected chi connectivity index (χ2v) is 6.01. The molecule has 2 aliphatic heterocycles. The second-order valence-electron chi connectivity index (χ2n) is 6.01. The molecule has 2 atom stereocenters. The molecule has 0 unspecified atom stereocenters. The molecule has 1 aromatic rings. The average molecular weight is 323 g/mol. The quantitative estimate of drug-likeness (QED) is 0.856. The molecular weight excluding hydrogens is 301 g/mol. The molecule has 23 heavy (non-hydrogen) atoms. The summed E-state index contributed by atoms with van der Waals surface area (Å²) >= 11 is 0. The zero-order chi connectivity index (χ0) is 16.2. The highest BCUT2D eigenvalue weighted by atomic mass is 19.1. The number of morpholine rings is 1. The molecule has 0 radical (unpaired) electrons. The highest BCUT2D eigenvalue weighted by Gasteiger charge is 2.31. The molecule has 0 aliphatic carbocycles. The summed E-state index contributed by atoms with van der Waals surface area (Å²) in [5.74, 6) is -0.281. The maximum Gasteiger partial charge on any atom is 0.227 e.